The Morgan fingerprint density at radius 2 is 1.84 bits per heavy atom. The molecule has 0 radical (unpaired) electrons. The Hall–Kier alpha value is -3.72. The smallest absolute Gasteiger partial charge is 0.306 e. The summed E-state index contributed by atoms with van der Waals surface area (Å²) >= 11 is 0. The molecular formula is C29H32N2O6S. The first-order chi connectivity index (χ1) is 18.3. The van der Waals surface area contributed by atoms with Crippen LogP contribution in [0.4, 0.5) is 17.1 Å². The summed E-state index contributed by atoms with van der Waals surface area (Å²) in [5.41, 5.74) is 4.84. The maximum absolute atomic E-state index is 11.9. The Balaban J connectivity index is 1.38. The van der Waals surface area contributed by atoms with Gasteiger partial charge in [-0.2, -0.15) is 0 Å². The van der Waals surface area contributed by atoms with Gasteiger partial charge in [0.1, 0.15) is 18.1 Å². The molecule has 0 bridgehead atoms. The predicted octanol–water partition coefficient (Wildman–Crippen LogP) is 5.22. The van der Waals surface area contributed by atoms with Gasteiger partial charge in [0.05, 0.1) is 36.8 Å². The summed E-state index contributed by atoms with van der Waals surface area (Å²) < 4.78 is 40.7. The van der Waals surface area contributed by atoms with Crippen molar-refractivity contribution >= 4 is 32.9 Å². The van der Waals surface area contributed by atoms with Crippen LogP contribution >= 0.6 is 0 Å². The number of methoxy groups -OCH3 is 1. The topological polar surface area (TPSA) is 94.2 Å². The average Bonchev–Trinajstić information content (AvgIpc) is 3.50. The molecule has 38 heavy (non-hydrogen) atoms. The first-order valence-electron chi connectivity index (χ1n) is 12.7. The van der Waals surface area contributed by atoms with Gasteiger partial charge in [-0.1, -0.05) is 25.1 Å². The summed E-state index contributed by atoms with van der Waals surface area (Å²) in [5, 5.41) is 3.57. The summed E-state index contributed by atoms with van der Waals surface area (Å²) in [5.74, 6) is 1.36. The van der Waals surface area contributed by atoms with E-state index in [4.69, 9.17) is 14.2 Å². The third kappa shape index (κ3) is 5.15. The van der Waals surface area contributed by atoms with Gasteiger partial charge in [-0.25, -0.2) is 8.42 Å². The number of nitrogens with zero attached hydrogens (tertiary/aromatic N) is 1. The molecular weight excluding hydrogens is 504 g/mol. The number of rotatable bonds is 9. The predicted molar refractivity (Wildman–Crippen MR) is 146 cm³/mol. The van der Waals surface area contributed by atoms with Crippen LogP contribution in [0.2, 0.25) is 0 Å². The fourth-order valence-corrected chi connectivity index (χ4v) is 5.70. The van der Waals surface area contributed by atoms with Crippen LogP contribution in [0.5, 0.6) is 11.5 Å². The Morgan fingerprint density at radius 3 is 2.55 bits per heavy atom. The van der Waals surface area contributed by atoms with Crippen molar-refractivity contribution in [1.29, 1.82) is 0 Å². The molecule has 2 aliphatic heterocycles. The van der Waals surface area contributed by atoms with Gasteiger partial charge >= 0.3 is 5.97 Å². The van der Waals surface area contributed by atoms with Gasteiger partial charge in [0, 0.05) is 47.3 Å². The normalized spacial score (nSPS) is 17.7. The van der Waals surface area contributed by atoms with Crippen molar-refractivity contribution < 1.29 is 27.4 Å². The maximum atomic E-state index is 11.9. The number of hydrogen-bond acceptors (Lipinski definition) is 8. The van der Waals surface area contributed by atoms with Crippen LogP contribution in [0.1, 0.15) is 42.9 Å². The minimum atomic E-state index is -3.26. The molecule has 0 spiro atoms. The minimum absolute atomic E-state index is 0.000599. The molecule has 5 rings (SSSR count). The molecule has 0 fully saturated rings. The van der Waals surface area contributed by atoms with Crippen molar-refractivity contribution in [3.05, 3.63) is 71.8 Å². The van der Waals surface area contributed by atoms with Crippen molar-refractivity contribution in [3.8, 4) is 11.5 Å². The maximum Gasteiger partial charge on any atom is 0.306 e. The summed E-state index contributed by atoms with van der Waals surface area (Å²) in [7, 11) is -1.87. The van der Waals surface area contributed by atoms with Crippen LogP contribution in [0.25, 0.3) is 0 Å². The molecule has 0 amide bonds. The summed E-state index contributed by atoms with van der Waals surface area (Å²) in [6, 6.07) is 19.0. The SMILES string of the molecule is CCCN(c1ccc(S(C)(=O)=O)cc1)c1cccc2c1OCC2Nc1ccc2c(c1)OCC2CC(=O)OC. The lowest BCUT2D eigenvalue weighted by Gasteiger charge is -2.26. The highest BCUT2D eigenvalue weighted by Gasteiger charge is 2.30. The molecule has 2 atom stereocenters. The number of esters is 1. The van der Waals surface area contributed by atoms with E-state index in [1.165, 1.54) is 13.4 Å². The minimum Gasteiger partial charge on any atom is -0.493 e. The van der Waals surface area contributed by atoms with E-state index < -0.39 is 9.84 Å². The van der Waals surface area contributed by atoms with Crippen molar-refractivity contribution in [2.45, 2.75) is 36.6 Å². The van der Waals surface area contributed by atoms with Crippen molar-refractivity contribution in [2.75, 3.05) is 43.3 Å². The summed E-state index contributed by atoms with van der Waals surface area (Å²) in [4.78, 5) is 14.2. The zero-order valence-corrected chi connectivity index (χ0v) is 22.6. The van der Waals surface area contributed by atoms with Crippen LogP contribution in [-0.4, -0.2) is 47.5 Å². The second kappa shape index (κ2) is 10.6. The van der Waals surface area contributed by atoms with Crippen LogP contribution in [0.15, 0.2) is 65.6 Å². The molecule has 9 heteroatoms. The second-order valence-corrected chi connectivity index (χ2v) is 11.7. The zero-order chi connectivity index (χ0) is 26.9. The number of carbonyl (C=O) groups is 1. The number of nitrogens with one attached hydrogen (secondary N) is 1. The molecule has 0 saturated carbocycles. The Morgan fingerprint density at radius 1 is 1.05 bits per heavy atom. The Bertz CT molecular complexity index is 1440. The van der Waals surface area contributed by atoms with Crippen molar-refractivity contribution in [3.63, 3.8) is 0 Å². The Kier molecular flexibility index (Phi) is 7.21. The van der Waals surface area contributed by atoms with Crippen molar-refractivity contribution in [2.24, 2.45) is 0 Å². The third-order valence-electron chi connectivity index (χ3n) is 6.98. The lowest BCUT2D eigenvalue weighted by Crippen LogP contribution is -2.18. The number of carbonyl (C=O) groups excluding carboxylic acids is 1. The fourth-order valence-electron chi connectivity index (χ4n) is 5.07. The average molecular weight is 537 g/mol. The van der Waals surface area contributed by atoms with Gasteiger partial charge in [-0.15, -0.1) is 0 Å². The van der Waals surface area contributed by atoms with E-state index in [0.717, 1.165) is 52.7 Å². The number of fused-ring (bicyclic) bond motifs is 2. The van der Waals surface area contributed by atoms with E-state index in [1.807, 2.05) is 42.5 Å². The lowest BCUT2D eigenvalue weighted by molar-refractivity contribution is -0.141. The number of sulfone groups is 1. The van der Waals surface area contributed by atoms with Gasteiger partial charge in [-0.05, 0) is 42.8 Å². The number of benzene rings is 3. The van der Waals surface area contributed by atoms with Crippen LogP contribution in [-0.2, 0) is 19.4 Å². The molecule has 3 aromatic carbocycles. The molecule has 0 aliphatic carbocycles. The molecule has 200 valence electrons. The molecule has 0 saturated heterocycles. The third-order valence-corrected chi connectivity index (χ3v) is 8.11. The van der Waals surface area contributed by atoms with Gasteiger partial charge in [0.15, 0.2) is 9.84 Å². The summed E-state index contributed by atoms with van der Waals surface area (Å²) in [6.07, 6.45) is 2.42. The molecule has 8 nitrogen and oxygen atoms in total. The van der Waals surface area contributed by atoms with E-state index in [1.54, 1.807) is 12.1 Å². The Labute approximate surface area is 223 Å². The highest BCUT2D eigenvalue weighted by atomic mass is 32.2. The molecule has 3 aromatic rings. The van der Waals surface area contributed by atoms with Gasteiger partial charge in [0.25, 0.3) is 0 Å². The molecule has 0 aromatic heterocycles. The molecule has 2 unspecified atom stereocenters. The number of hydrogen-bond donors (Lipinski definition) is 1. The van der Waals surface area contributed by atoms with Crippen LogP contribution < -0.4 is 19.7 Å². The van der Waals surface area contributed by atoms with Crippen LogP contribution in [0.3, 0.4) is 0 Å². The molecule has 2 aliphatic rings. The van der Waals surface area contributed by atoms with Gasteiger partial charge < -0.3 is 24.4 Å². The first kappa shape index (κ1) is 25.9. The number of ether oxygens (including phenoxy) is 3. The van der Waals surface area contributed by atoms with Crippen molar-refractivity contribution in [1.82, 2.24) is 0 Å². The van der Waals surface area contributed by atoms with Gasteiger partial charge in [-0.3, -0.25) is 4.79 Å². The first-order valence-corrected chi connectivity index (χ1v) is 14.6. The van der Waals surface area contributed by atoms with Crippen LogP contribution in [0, 0.1) is 0 Å². The number of anilines is 3. The van der Waals surface area contributed by atoms with E-state index in [9.17, 15) is 13.2 Å². The van der Waals surface area contributed by atoms with Gasteiger partial charge in [0.2, 0.25) is 0 Å². The highest BCUT2D eigenvalue weighted by Crippen LogP contribution is 2.45. The summed E-state index contributed by atoms with van der Waals surface area (Å²) in [6.45, 7) is 3.80. The van der Waals surface area contributed by atoms with E-state index >= 15 is 0 Å². The van der Waals surface area contributed by atoms with E-state index in [-0.39, 0.29) is 17.9 Å². The lowest BCUT2D eigenvalue weighted by atomic mass is 9.97. The van der Waals surface area contributed by atoms with E-state index in [2.05, 4.69) is 23.2 Å². The monoisotopic (exact) mass is 536 g/mol. The second-order valence-electron chi connectivity index (χ2n) is 9.66. The number of para-hydroxylation sites is 1. The standard InChI is InChI=1S/C29H32N2O6S/c1-4-14-31(21-9-11-22(12-10-21)38(3,33)34)26-7-5-6-24-25(18-37-29(24)26)30-20-8-13-23-19(15-28(32)35-2)17-36-27(23)16-20/h5-13,16,19,25,30H,4,14-15,17-18H2,1-3H3. The zero-order valence-electron chi connectivity index (χ0n) is 21.8. The quantitative estimate of drug-likeness (QED) is 0.372. The molecule has 2 heterocycles. The van der Waals surface area contributed by atoms with E-state index in [0.29, 0.717) is 24.5 Å². The largest absolute Gasteiger partial charge is 0.493 e. The highest BCUT2D eigenvalue weighted by molar-refractivity contribution is 7.90. The fraction of sp³-hybridized carbons (Fsp3) is 0.345. The molecule has 1 N–H and O–H groups in total.